The highest BCUT2D eigenvalue weighted by Crippen LogP contribution is 2.37. The van der Waals surface area contributed by atoms with Gasteiger partial charge in [-0.15, -0.1) is 0 Å². The van der Waals surface area contributed by atoms with Crippen LogP contribution in [0.3, 0.4) is 0 Å². The van der Waals surface area contributed by atoms with Gasteiger partial charge in [0.25, 0.3) is 0 Å². The molecule has 1 aromatic carbocycles. The highest BCUT2D eigenvalue weighted by Gasteiger charge is 2.52. The Hall–Kier alpha value is -1.34. The van der Waals surface area contributed by atoms with Crippen molar-refractivity contribution in [3.8, 4) is 0 Å². The lowest BCUT2D eigenvalue weighted by Gasteiger charge is -2.32. The third-order valence-corrected chi connectivity index (χ3v) is 4.73. The average Bonchev–Trinajstić information content (AvgIpc) is 2.96. The molecule has 0 amide bonds. The highest BCUT2D eigenvalue weighted by atomic mass is 16.7. The summed E-state index contributed by atoms with van der Waals surface area (Å²) in [6, 6.07) is 5.71. The van der Waals surface area contributed by atoms with E-state index in [4.69, 9.17) is 18.5 Å². The van der Waals surface area contributed by atoms with Gasteiger partial charge in [-0.3, -0.25) is 0 Å². The molecular weight excluding hydrogens is 295 g/mol. The first-order chi connectivity index (χ1) is 10.8. The molecular formula is C17H23BO5. The van der Waals surface area contributed by atoms with Crippen molar-refractivity contribution in [2.24, 2.45) is 0 Å². The summed E-state index contributed by atoms with van der Waals surface area (Å²) in [7, 11) is 1.09. The minimum atomic E-state index is -0.532. The van der Waals surface area contributed by atoms with E-state index in [1.165, 1.54) is 0 Å². The summed E-state index contributed by atoms with van der Waals surface area (Å²) in [5.74, 6) is 0.732. The largest absolute Gasteiger partial charge is 0.498 e. The van der Waals surface area contributed by atoms with Crippen molar-refractivity contribution < 1.29 is 23.6 Å². The molecule has 0 aliphatic carbocycles. The Morgan fingerprint density at radius 3 is 2.30 bits per heavy atom. The first-order valence-corrected chi connectivity index (χ1v) is 7.78. The highest BCUT2D eigenvalue weighted by molar-refractivity contribution is 6.64. The van der Waals surface area contributed by atoms with Gasteiger partial charge < -0.3 is 23.6 Å². The number of ether oxygens (including phenoxy) is 1. The van der Waals surface area contributed by atoms with Crippen molar-refractivity contribution in [2.45, 2.75) is 52.1 Å². The molecule has 0 unspecified atom stereocenters. The van der Waals surface area contributed by atoms with Crippen LogP contribution in [-0.4, -0.2) is 30.5 Å². The van der Waals surface area contributed by atoms with E-state index in [-0.39, 0.29) is 6.61 Å². The number of furan rings is 1. The fourth-order valence-electron chi connectivity index (χ4n) is 2.75. The number of fused-ring (bicyclic) bond motifs is 1. The lowest BCUT2D eigenvalue weighted by atomic mass is 9.77. The molecule has 6 heteroatoms. The van der Waals surface area contributed by atoms with E-state index in [9.17, 15) is 5.11 Å². The van der Waals surface area contributed by atoms with Gasteiger partial charge in [-0.05, 0) is 45.4 Å². The molecule has 1 aliphatic rings. The summed E-state index contributed by atoms with van der Waals surface area (Å²) in [6.45, 7) is 8.40. The van der Waals surface area contributed by atoms with Gasteiger partial charge in [-0.25, -0.2) is 0 Å². The lowest BCUT2D eigenvalue weighted by Crippen LogP contribution is -2.41. The fraction of sp³-hybridized carbons (Fsp3) is 0.529. The summed E-state index contributed by atoms with van der Waals surface area (Å²) >= 11 is 0. The van der Waals surface area contributed by atoms with E-state index < -0.39 is 18.3 Å². The van der Waals surface area contributed by atoms with Crippen LogP contribution in [0.1, 0.15) is 39.0 Å². The minimum absolute atomic E-state index is 0.0484. The maximum absolute atomic E-state index is 9.54. The molecule has 124 valence electrons. The topological polar surface area (TPSA) is 61.1 Å². The van der Waals surface area contributed by atoms with Crippen LogP contribution < -0.4 is 5.46 Å². The van der Waals surface area contributed by atoms with Crippen LogP contribution in [0.4, 0.5) is 0 Å². The number of aliphatic hydroxyl groups excluding tert-OH is 1. The number of hydrogen-bond donors (Lipinski definition) is 1. The molecule has 1 saturated heterocycles. The summed E-state index contributed by atoms with van der Waals surface area (Å²) < 4.78 is 23.3. The maximum Gasteiger partial charge on any atom is 0.498 e. The molecule has 0 bridgehead atoms. The molecule has 1 aliphatic heterocycles. The van der Waals surface area contributed by atoms with Crippen LogP contribution in [-0.2, 0) is 27.3 Å². The van der Waals surface area contributed by atoms with E-state index >= 15 is 0 Å². The molecule has 2 aromatic rings. The number of hydrogen-bond acceptors (Lipinski definition) is 5. The Labute approximate surface area is 136 Å². The molecule has 5 nitrogen and oxygen atoms in total. The van der Waals surface area contributed by atoms with Gasteiger partial charge in [0.05, 0.1) is 17.8 Å². The van der Waals surface area contributed by atoms with Crippen molar-refractivity contribution in [3.05, 3.63) is 29.5 Å². The van der Waals surface area contributed by atoms with Crippen LogP contribution in [0, 0.1) is 0 Å². The maximum atomic E-state index is 9.54. The standard InChI is InChI=1S/C17H23BO5/c1-16(2)17(3,4)23-18(22-16)14-7-11(9-19)6-12-8-13(10-20-5)21-15(12)14/h6-8,19H,9-10H2,1-5H3. The second kappa shape index (κ2) is 5.63. The molecule has 1 aromatic heterocycles. The molecule has 23 heavy (non-hydrogen) atoms. The van der Waals surface area contributed by atoms with Gasteiger partial charge in [-0.2, -0.15) is 0 Å². The van der Waals surface area contributed by atoms with Crippen molar-refractivity contribution >= 4 is 23.6 Å². The van der Waals surface area contributed by atoms with E-state index in [1.54, 1.807) is 7.11 Å². The van der Waals surface area contributed by atoms with Crippen molar-refractivity contribution in [3.63, 3.8) is 0 Å². The first-order valence-electron chi connectivity index (χ1n) is 7.78. The van der Waals surface area contributed by atoms with Crippen LogP contribution in [0.5, 0.6) is 0 Å². The zero-order chi connectivity index (χ0) is 16.8. The smallest absolute Gasteiger partial charge is 0.459 e. The third kappa shape index (κ3) is 2.80. The first kappa shape index (κ1) is 16.5. The summed E-state index contributed by atoms with van der Waals surface area (Å²) in [6.07, 6.45) is 0. The number of aliphatic hydroxyl groups is 1. The molecule has 2 heterocycles. The van der Waals surface area contributed by atoms with E-state index in [2.05, 4.69) is 0 Å². The third-order valence-electron chi connectivity index (χ3n) is 4.73. The molecule has 0 spiro atoms. The summed E-state index contributed by atoms with van der Waals surface area (Å²) in [5.41, 5.74) is 1.45. The predicted octanol–water partition coefficient (Wildman–Crippen LogP) is 2.37. The van der Waals surface area contributed by atoms with E-state index in [0.717, 1.165) is 22.2 Å². The van der Waals surface area contributed by atoms with Crippen molar-refractivity contribution in [1.82, 2.24) is 0 Å². The second-order valence-corrected chi connectivity index (χ2v) is 7.00. The summed E-state index contributed by atoms with van der Waals surface area (Å²) in [5, 5.41) is 10.5. The Morgan fingerprint density at radius 1 is 1.09 bits per heavy atom. The normalized spacial score (nSPS) is 19.7. The predicted molar refractivity (Wildman–Crippen MR) is 88.6 cm³/mol. The molecule has 1 N–H and O–H groups in total. The van der Waals surface area contributed by atoms with Crippen molar-refractivity contribution in [1.29, 1.82) is 0 Å². The number of rotatable bonds is 4. The molecule has 1 fully saturated rings. The fourth-order valence-corrected chi connectivity index (χ4v) is 2.75. The zero-order valence-electron chi connectivity index (χ0n) is 14.3. The van der Waals surface area contributed by atoms with Crippen LogP contribution in [0.25, 0.3) is 11.0 Å². The van der Waals surface area contributed by atoms with Gasteiger partial charge in [0, 0.05) is 18.0 Å². The quantitative estimate of drug-likeness (QED) is 0.877. The Balaban J connectivity index is 2.09. The van der Waals surface area contributed by atoms with Gasteiger partial charge in [0.15, 0.2) is 0 Å². The summed E-state index contributed by atoms with van der Waals surface area (Å²) in [4.78, 5) is 0. The molecule has 0 atom stereocenters. The lowest BCUT2D eigenvalue weighted by molar-refractivity contribution is 0.00578. The Bertz CT molecular complexity index is 703. The van der Waals surface area contributed by atoms with Crippen LogP contribution >= 0.6 is 0 Å². The Kier molecular flexibility index (Phi) is 4.05. The van der Waals surface area contributed by atoms with Gasteiger partial charge in [0.1, 0.15) is 18.0 Å². The number of methoxy groups -OCH3 is 1. The van der Waals surface area contributed by atoms with Crippen LogP contribution in [0.2, 0.25) is 0 Å². The van der Waals surface area contributed by atoms with Gasteiger partial charge >= 0.3 is 7.12 Å². The zero-order valence-corrected chi connectivity index (χ0v) is 14.3. The molecule has 0 saturated carbocycles. The minimum Gasteiger partial charge on any atom is -0.459 e. The van der Waals surface area contributed by atoms with Crippen LogP contribution in [0.15, 0.2) is 22.6 Å². The average molecular weight is 318 g/mol. The van der Waals surface area contributed by atoms with E-state index in [1.807, 2.05) is 45.9 Å². The molecule has 3 rings (SSSR count). The van der Waals surface area contributed by atoms with Gasteiger partial charge in [-0.1, -0.05) is 6.07 Å². The van der Waals surface area contributed by atoms with Crippen molar-refractivity contribution in [2.75, 3.05) is 7.11 Å². The van der Waals surface area contributed by atoms with E-state index in [0.29, 0.717) is 12.2 Å². The second-order valence-electron chi connectivity index (χ2n) is 7.00. The Morgan fingerprint density at radius 2 is 1.74 bits per heavy atom. The monoisotopic (exact) mass is 318 g/mol. The SMILES string of the molecule is COCc1cc2cc(CO)cc(B3OC(C)(C)C(C)(C)O3)c2o1. The molecule has 0 radical (unpaired) electrons. The van der Waals surface area contributed by atoms with Gasteiger partial charge in [0.2, 0.25) is 0 Å². The number of benzene rings is 1.